The topological polar surface area (TPSA) is 90.9 Å². The van der Waals surface area contributed by atoms with Crippen LogP contribution in [0.4, 0.5) is 5.69 Å². The van der Waals surface area contributed by atoms with Crippen LogP contribution in [0, 0.1) is 0 Å². The summed E-state index contributed by atoms with van der Waals surface area (Å²) in [7, 11) is 0. The summed E-state index contributed by atoms with van der Waals surface area (Å²) in [5, 5.41) is 2.62. The average molecular weight is 369 g/mol. The van der Waals surface area contributed by atoms with Crippen molar-refractivity contribution in [2.75, 3.05) is 11.9 Å². The van der Waals surface area contributed by atoms with E-state index in [0.29, 0.717) is 22.7 Å². The normalized spacial score (nSPS) is 16.1. The lowest BCUT2D eigenvalue weighted by molar-refractivity contribution is -0.162. The lowest BCUT2D eigenvalue weighted by atomic mass is 10.1. The minimum atomic E-state index is -1.04. The first-order valence-corrected chi connectivity index (χ1v) is 8.45. The van der Waals surface area contributed by atoms with E-state index in [1.54, 1.807) is 48.5 Å². The molecule has 3 rings (SSSR count). The van der Waals surface area contributed by atoms with E-state index in [4.69, 9.17) is 14.2 Å². The van der Waals surface area contributed by atoms with Gasteiger partial charge in [0.15, 0.2) is 23.4 Å². The number of rotatable bonds is 5. The predicted octanol–water partition coefficient (Wildman–Crippen LogP) is 2.60. The van der Waals surface area contributed by atoms with Gasteiger partial charge in [-0.05, 0) is 38.1 Å². The van der Waals surface area contributed by atoms with E-state index in [0.717, 1.165) is 0 Å². The maximum atomic E-state index is 12.3. The minimum Gasteiger partial charge on any atom is -0.485 e. The summed E-state index contributed by atoms with van der Waals surface area (Å²) in [6.07, 6.45) is -1.99. The Morgan fingerprint density at radius 2 is 1.85 bits per heavy atom. The van der Waals surface area contributed by atoms with Gasteiger partial charge in [0.05, 0.1) is 0 Å². The number of anilines is 1. The number of fused-ring (bicyclic) bond motifs is 1. The molecule has 27 heavy (non-hydrogen) atoms. The van der Waals surface area contributed by atoms with Crippen LogP contribution in [0.5, 0.6) is 11.5 Å². The summed E-state index contributed by atoms with van der Waals surface area (Å²) in [6, 6.07) is 13.5. The van der Waals surface area contributed by atoms with Gasteiger partial charge < -0.3 is 19.5 Å². The second-order valence-corrected chi connectivity index (χ2v) is 6.07. The van der Waals surface area contributed by atoms with E-state index in [-0.39, 0.29) is 12.4 Å². The number of ketones is 1. The van der Waals surface area contributed by atoms with E-state index < -0.39 is 24.1 Å². The molecule has 7 nitrogen and oxygen atoms in total. The third-order valence-corrected chi connectivity index (χ3v) is 3.97. The maximum absolute atomic E-state index is 12.3. The van der Waals surface area contributed by atoms with Crippen molar-refractivity contribution in [2.24, 2.45) is 0 Å². The van der Waals surface area contributed by atoms with Gasteiger partial charge in [0.25, 0.3) is 5.91 Å². The Morgan fingerprint density at radius 3 is 2.59 bits per heavy atom. The number of ether oxygens (including phenoxy) is 3. The summed E-state index contributed by atoms with van der Waals surface area (Å²) in [6.45, 7) is 2.90. The number of carbonyl (C=O) groups is 3. The van der Waals surface area contributed by atoms with Gasteiger partial charge in [-0.15, -0.1) is 0 Å². The number of carbonyl (C=O) groups excluding carboxylic acids is 3. The molecule has 2 aromatic carbocycles. The highest BCUT2D eigenvalue weighted by molar-refractivity contribution is 5.98. The molecule has 1 heterocycles. The highest BCUT2D eigenvalue weighted by atomic mass is 16.6. The van der Waals surface area contributed by atoms with Crippen molar-refractivity contribution >= 4 is 23.3 Å². The highest BCUT2D eigenvalue weighted by Crippen LogP contribution is 2.31. The fourth-order valence-corrected chi connectivity index (χ4v) is 2.50. The van der Waals surface area contributed by atoms with Crippen LogP contribution in [-0.2, 0) is 14.3 Å². The number of para-hydroxylation sites is 2. The van der Waals surface area contributed by atoms with Gasteiger partial charge in [0, 0.05) is 11.3 Å². The quantitative estimate of drug-likeness (QED) is 0.643. The predicted molar refractivity (Wildman–Crippen MR) is 97.0 cm³/mol. The van der Waals surface area contributed by atoms with E-state index in [9.17, 15) is 14.4 Å². The summed E-state index contributed by atoms with van der Waals surface area (Å²) < 4.78 is 16.2. The molecule has 0 saturated heterocycles. The molecule has 0 saturated carbocycles. The zero-order chi connectivity index (χ0) is 19.4. The number of nitrogens with one attached hydrogen (secondary N) is 1. The van der Waals surface area contributed by atoms with Crippen LogP contribution in [0.15, 0.2) is 48.5 Å². The van der Waals surface area contributed by atoms with Crippen molar-refractivity contribution in [1.29, 1.82) is 0 Å². The summed E-state index contributed by atoms with van der Waals surface area (Å²) >= 11 is 0. The van der Waals surface area contributed by atoms with Gasteiger partial charge in [-0.25, -0.2) is 4.79 Å². The molecule has 0 fully saturated rings. The van der Waals surface area contributed by atoms with Crippen LogP contribution < -0.4 is 14.8 Å². The molecule has 0 unspecified atom stereocenters. The largest absolute Gasteiger partial charge is 0.485 e. The Kier molecular flexibility index (Phi) is 5.40. The third-order valence-electron chi connectivity index (χ3n) is 3.97. The monoisotopic (exact) mass is 369 g/mol. The van der Waals surface area contributed by atoms with Crippen LogP contribution in [0.2, 0.25) is 0 Å². The Balaban J connectivity index is 1.57. The first kappa shape index (κ1) is 18.4. The van der Waals surface area contributed by atoms with Gasteiger partial charge in [-0.1, -0.05) is 24.3 Å². The van der Waals surface area contributed by atoms with E-state index in [2.05, 4.69) is 5.32 Å². The summed E-state index contributed by atoms with van der Waals surface area (Å²) in [5.41, 5.74) is 0.922. The summed E-state index contributed by atoms with van der Waals surface area (Å²) in [5.74, 6) is -0.312. The second kappa shape index (κ2) is 7.90. The zero-order valence-electron chi connectivity index (χ0n) is 14.9. The molecule has 0 radical (unpaired) electrons. The smallest absolute Gasteiger partial charge is 0.351 e. The van der Waals surface area contributed by atoms with Crippen LogP contribution in [-0.4, -0.2) is 36.5 Å². The fourth-order valence-electron chi connectivity index (χ4n) is 2.50. The number of hydrogen-bond acceptors (Lipinski definition) is 6. The number of hydrogen-bond donors (Lipinski definition) is 1. The molecule has 2 aromatic rings. The molecule has 1 aliphatic heterocycles. The number of benzene rings is 2. The molecule has 7 heteroatoms. The molecule has 0 spiro atoms. The van der Waals surface area contributed by atoms with Crippen LogP contribution >= 0.6 is 0 Å². The van der Waals surface area contributed by atoms with Gasteiger partial charge in [0.1, 0.15) is 6.61 Å². The molecule has 1 N–H and O–H groups in total. The van der Waals surface area contributed by atoms with Crippen molar-refractivity contribution in [2.45, 2.75) is 26.1 Å². The average Bonchev–Trinajstić information content (AvgIpc) is 2.67. The lowest BCUT2D eigenvalue weighted by Gasteiger charge is -2.25. The highest BCUT2D eigenvalue weighted by Gasteiger charge is 2.31. The Hall–Kier alpha value is -3.35. The molecule has 1 aliphatic rings. The fraction of sp³-hybridized carbons (Fsp3) is 0.250. The SMILES string of the molecule is CC(=O)c1cccc(NC(=O)[C@@H](C)OC(=O)[C@H]2COc3ccccc3O2)c1. The number of Topliss-reactive ketones (excluding diaryl/α,β-unsaturated/α-hetero) is 1. The first-order valence-electron chi connectivity index (χ1n) is 8.45. The molecule has 0 aromatic heterocycles. The first-order chi connectivity index (χ1) is 12.9. The molecule has 0 aliphatic carbocycles. The summed E-state index contributed by atoms with van der Waals surface area (Å²) in [4.78, 5) is 35.9. The van der Waals surface area contributed by atoms with Gasteiger partial charge in [-0.3, -0.25) is 9.59 Å². The van der Waals surface area contributed by atoms with Crippen molar-refractivity contribution in [3.05, 3.63) is 54.1 Å². The Labute approximate surface area is 156 Å². The van der Waals surface area contributed by atoms with E-state index >= 15 is 0 Å². The molecule has 1 amide bonds. The van der Waals surface area contributed by atoms with Crippen molar-refractivity contribution < 1.29 is 28.6 Å². The lowest BCUT2D eigenvalue weighted by Crippen LogP contribution is -2.41. The Morgan fingerprint density at radius 1 is 1.11 bits per heavy atom. The number of amides is 1. The van der Waals surface area contributed by atoms with Crippen molar-refractivity contribution in [1.82, 2.24) is 0 Å². The third kappa shape index (κ3) is 4.44. The number of esters is 1. The maximum Gasteiger partial charge on any atom is 0.351 e. The molecule has 2 atom stereocenters. The van der Waals surface area contributed by atoms with Crippen LogP contribution in [0.25, 0.3) is 0 Å². The standard InChI is InChI=1S/C20H19NO6/c1-12(22)14-6-5-7-15(10-14)21-19(23)13(2)26-20(24)18-11-25-16-8-3-4-9-17(16)27-18/h3-10,13,18H,11H2,1-2H3,(H,21,23)/t13-,18-/m1/s1. The molecule has 140 valence electrons. The van der Waals surface area contributed by atoms with Gasteiger partial charge >= 0.3 is 5.97 Å². The Bertz CT molecular complexity index is 878. The second-order valence-electron chi connectivity index (χ2n) is 6.07. The molecule has 0 bridgehead atoms. The van der Waals surface area contributed by atoms with E-state index in [1.165, 1.54) is 13.8 Å². The van der Waals surface area contributed by atoms with Crippen molar-refractivity contribution in [3.63, 3.8) is 0 Å². The zero-order valence-corrected chi connectivity index (χ0v) is 14.9. The van der Waals surface area contributed by atoms with Crippen LogP contribution in [0.3, 0.4) is 0 Å². The molecular formula is C20H19NO6. The van der Waals surface area contributed by atoms with Crippen molar-refractivity contribution in [3.8, 4) is 11.5 Å². The van der Waals surface area contributed by atoms with Gasteiger partial charge in [-0.2, -0.15) is 0 Å². The minimum absolute atomic E-state index is 0.00480. The van der Waals surface area contributed by atoms with E-state index in [1.807, 2.05) is 0 Å². The molecular weight excluding hydrogens is 350 g/mol. The van der Waals surface area contributed by atoms with Crippen LogP contribution in [0.1, 0.15) is 24.2 Å². The van der Waals surface area contributed by atoms with Gasteiger partial charge in [0.2, 0.25) is 6.10 Å².